The van der Waals surface area contributed by atoms with Crippen molar-refractivity contribution in [2.75, 3.05) is 27.8 Å². The maximum atomic E-state index is 10.3. The summed E-state index contributed by atoms with van der Waals surface area (Å²) in [7, 11) is 5.58. The van der Waals surface area contributed by atoms with Gasteiger partial charge in [0.05, 0.1) is 20.0 Å². The van der Waals surface area contributed by atoms with Gasteiger partial charge < -0.3 is 14.6 Å². The van der Waals surface area contributed by atoms with Gasteiger partial charge in [0.25, 0.3) is 0 Å². The Labute approximate surface area is 137 Å². The minimum absolute atomic E-state index is 0.116. The second-order valence-electron chi connectivity index (χ2n) is 6.82. The molecule has 4 heteroatoms. The van der Waals surface area contributed by atoms with Crippen molar-refractivity contribution in [3.63, 3.8) is 0 Å². The van der Waals surface area contributed by atoms with Gasteiger partial charge in [-0.2, -0.15) is 0 Å². The summed E-state index contributed by atoms with van der Waals surface area (Å²) in [5.41, 5.74) is 3.77. The van der Waals surface area contributed by atoms with Crippen LogP contribution in [0.25, 0.3) is 0 Å². The van der Waals surface area contributed by atoms with E-state index in [4.69, 9.17) is 9.47 Å². The molecule has 1 aromatic rings. The van der Waals surface area contributed by atoms with Crippen LogP contribution in [-0.4, -0.2) is 43.9 Å². The molecule has 0 unspecified atom stereocenters. The molecule has 0 aromatic heterocycles. The standard InChI is InChI=1S/C19H23NO3/c1-20-9-8-19-11-13(22-2)5-6-14(19)15(20)10-12-4-7-16(21)18(23-3)17(12)19/h4-7,15,21H,8-11H2,1-3H3/t15-,19+/m1/s1. The van der Waals surface area contributed by atoms with Crippen LogP contribution >= 0.6 is 0 Å². The molecule has 0 saturated carbocycles. The number of phenols is 1. The number of likely N-dealkylation sites (N-methyl/N-ethyl adjacent to an activating group) is 1. The van der Waals surface area contributed by atoms with Crippen LogP contribution in [0.2, 0.25) is 0 Å². The molecule has 1 heterocycles. The van der Waals surface area contributed by atoms with Gasteiger partial charge in [-0.15, -0.1) is 0 Å². The van der Waals surface area contributed by atoms with E-state index in [1.807, 2.05) is 0 Å². The first-order valence-corrected chi connectivity index (χ1v) is 8.15. The summed E-state index contributed by atoms with van der Waals surface area (Å²) < 4.78 is 11.2. The lowest BCUT2D eigenvalue weighted by Gasteiger charge is -2.54. The molecule has 4 nitrogen and oxygen atoms in total. The average molecular weight is 313 g/mol. The van der Waals surface area contributed by atoms with E-state index in [-0.39, 0.29) is 11.2 Å². The molecule has 4 rings (SSSR count). The lowest BCUT2D eigenvalue weighted by molar-refractivity contribution is 0.146. The summed E-state index contributed by atoms with van der Waals surface area (Å²) in [6.45, 7) is 1.04. The van der Waals surface area contributed by atoms with E-state index in [9.17, 15) is 5.11 Å². The second kappa shape index (κ2) is 5.03. The van der Waals surface area contributed by atoms with Crippen molar-refractivity contribution in [3.8, 4) is 11.5 Å². The maximum Gasteiger partial charge on any atom is 0.164 e. The first-order valence-electron chi connectivity index (χ1n) is 8.15. The molecule has 3 aliphatic rings. The van der Waals surface area contributed by atoms with Crippen molar-refractivity contribution < 1.29 is 14.6 Å². The summed E-state index contributed by atoms with van der Waals surface area (Å²) in [6, 6.07) is 4.23. The maximum absolute atomic E-state index is 10.3. The quantitative estimate of drug-likeness (QED) is 0.911. The third kappa shape index (κ3) is 1.88. The van der Waals surface area contributed by atoms with Crippen LogP contribution in [0.5, 0.6) is 11.5 Å². The van der Waals surface area contributed by atoms with E-state index in [0.717, 1.165) is 31.6 Å². The lowest BCUT2D eigenvalue weighted by atomic mass is 9.57. The molecular weight excluding hydrogens is 290 g/mol. The van der Waals surface area contributed by atoms with Crippen molar-refractivity contribution in [1.29, 1.82) is 0 Å². The number of hydrogen-bond donors (Lipinski definition) is 1. The monoisotopic (exact) mass is 313 g/mol. The summed E-state index contributed by atoms with van der Waals surface area (Å²) in [6.07, 6.45) is 7.15. The van der Waals surface area contributed by atoms with Gasteiger partial charge in [-0.25, -0.2) is 0 Å². The van der Waals surface area contributed by atoms with Crippen molar-refractivity contribution in [2.45, 2.75) is 30.7 Å². The van der Waals surface area contributed by atoms with Gasteiger partial charge in [0.2, 0.25) is 0 Å². The highest BCUT2D eigenvalue weighted by Gasteiger charge is 2.52. The highest BCUT2D eigenvalue weighted by atomic mass is 16.5. The Hall–Kier alpha value is -1.94. The zero-order chi connectivity index (χ0) is 16.2. The number of allylic oxidation sites excluding steroid dienone is 3. The molecule has 122 valence electrons. The number of phenolic OH excluding ortho intramolecular Hbond substituents is 1. The van der Waals surface area contributed by atoms with Gasteiger partial charge in [-0.05, 0) is 49.7 Å². The first kappa shape index (κ1) is 14.6. The van der Waals surface area contributed by atoms with Crippen LogP contribution in [0.3, 0.4) is 0 Å². The lowest BCUT2D eigenvalue weighted by Crippen LogP contribution is -2.54. The van der Waals surface area contributed by atoms with Gasteiger partial charge in [-0.1, -0.05) is 12.1 Å². The molecule has 0 radical (unpaired) electrons. The number of piperidine rings is 1. The van der Waals surface area contributed by atoms with Crippen LogP contribution in [0.1, 0.15) is 24.0 Å². The van der Waals surface area contributed by atoms with Crippen LogP contribution in [0.4, 0.5) is 0 Å². The molecule has 2 bridgehead atoms. The van der Waals surface area contributed by atoms with Crippen LogP contribution in [0.15, 0.2) is 35.6 Å². The fraction of sp³-hybridized carbons (Fsp3) is 0.474. The average Bonchev–Trinajstić information content (AvgIpc) is 2.57. The number of rotatable bonds is 2. The molecule has 23 heavy (non-hydrogen) atoms. The topological polar surface area (TPSA) is 41.9 Å². The molecule has 1 N–H and O–H groups in total. The van der Waals surface area contributed by atoms with E-state index >= 15 is 0 Å². The number of aromatic hydroxyl groups is 1. The molecule has 0 amide bonds. The van der Waals surface area contributed by atoms with Crippen LogP contribution in [0, 0.1) is 0 Å². The molecule has 1 fully saturated rings. The van der Waals surface area contributed by atoms with E-state index in [1.54, 1.807) is 20.3 Å². The normalized spacial score (nSPS) is 29.1. The molecule has 1 saturated heterocycles. The molecule has 1 aliphatic heterocycles. The number of benzene rings is 1. The van der Waals surface area contributed by atoms with Crippen molar-refractivity contribution in [3.05, 3.63) is 46.7 Å². The van der Waals surface area contributed by atoms with Gasteiger partial charge in [0, 0.05) is 23.4 Å². The number of methoxy groups -OCH3 is 2. The Morgan fingerprint density at radius 3 is 2.78 bits per heavy atom. The largest absolute Gasteiger partial charge is 0.504 e. The Bertz CT molecular complexity index is 722. The Morgan fingerprint density at radius 2 is 2.04 bits per heavy atom. The van der Waals surface area contributed by atoms with Crippen molar-refractivity contribution >= 4 is 0 Å². The SMILES string of the molecule is COC1=CC=C2[C@H]3Cc4ccc(O)c(OC)c4[C@@]2(CCN3C)C1. The Kier molecular flexibility index (Phi) is 3.20. The highest BCUT2D eigenvalue weighted by molar-refractivity contribution is 5.62. The van der Waals surface area contributed by atoms with Gasteiger partial charge >= 0.3 is 0 Å². The smallest absolute Gasteiger partial charge is 0.164 e. The van der Waals surface area contributed by atoms with E-state index in [0.29, 0.717) is 11.8 Å². The Balaban J connectivity index is 2.00. The molecule has 1 aromatic carbocycles. The molecule has 2 atom stereocenters. The number of ether oxygens (including phenoxy) is 2. The highest BCUT2D eigenvalue weighted by Crippen LogP contribution is 2.57. The number of hydrogen-bond acceptors (Lipinski definition) is 4. The van der Waals surface area contributed by atoms with Crippen LogP contribution in [-0.2, 0) is 16.6 Å². The van der Waals surface area contributed by atoms with Crippen molar-refractivity contribution in [2.24, 2.45) is 0 Å². The van der Waals surface area contributed by atoms with Crippen molar-refractivity contribution in [1.82, 2.24) is 4.90 Å². The number of nitrogens with zero attached hydrogens (tertiary/aromatic N) is 1. The fourth-order valence-corrected chi connectivity index (χ4v) is 4.71. The first-order chi connectivity index (χ1) is 11.1. The van der Waals surface area contributed by atoms with Crippen LogP contribution < -0.4 is 4.74 Å². The molecule has 2 aliphatic carbocycles. The van der Waals surface area contributed by atoms with Gasteiger partial charge in [0.15, 0.2) is 11.5 Å². The van der Waals surface area contributed by atoms with E-state index in [1.165, 1.54) is 16.7 Å². The van der Waals surface area contributed by atoms with Gasteiger partial charge in [-0.3, -0.25) is 4.90 Å². The fourth-order valence-electron chi connectivity index (χ4n) is 4.71. The Morgan fingerprint density at radius 1 is 1.22 bits per heavy atom. The minimum Gasteiger partial charge on any atom is -0.504 e. The predicted molar refractivity (Wildman–Crippen MR) is 88.9 cm³/mol. The van der Waals surface area contributed by atoms with E-state index in [2.05, 4.69) is 30.2 Å². The minimum atomic E-state index is -0.116. The third-order valence-corrected chi connectivity index (χ3v) is 5.84. The summed E-state index contributed by atoms with van der Waals surface area (Å²) in [4.78, 5) is 2.44. The zero-order valence-corrected chi connectivity index (χ0v) is 13.9. The van der Waals surface area contributed by atoms with Gasteiger partial charge in [0.1, 0.15) is 0 Å². The predicted octanol–water partition coefficient (Wildman–Crippen LogP) is 2.76. The zero-order valence-electron chi connectivity index (χ0n) is 13.9. The number of likely N-dealkylation sites (tertiary alicyclic amines) is 1. The number of fused-ring (bicyclic) bond motifs is 1. The molecular formula is C19H23NO3. The second-order valence-corrected chi connectivity index (χ2v) is 6.82. The summed E-state index contributed by atoms with van der Waals surface area (Å²) in [5, 5.41) is 10.3. The van der Waals surface area contributed by atoms with E-state index < -0.39 is 0 Å². The summed E-state index contributed by atoms with van der Waals surface area (Å²) in [5.74, 6) is 1.86. The third-order valence-electron chi connectivity index (χ3n) is 5.84. The molecule has 0 spiro atoms. The summed E-state index contributed by atoms with van der Waals surface area (Å²) >= 11 is 0.